The van der Waals surface area contributed by atoms with Crippen LogP contribution in [0, 0.1) is 0 Å². The molecular formula is C11H15ClN2O. The Bertz CT molecular complexity index is 327. The molecule has 0 amide bonds. The molecule has 0 bridgehead atoms. The molecule has 1 N–H and O–H groups in total. The van der Waals surface area contributed by atoms with Gasteiger partial charge in [0.15, 0.2) is 18.4 Å². The highest BCUT2D eigenvalue weighted by Gasteiger charge is 2.28. The Morgan fingerprint density at radius 1 is 1.20 bits per heavy atom. The van der Waals surface area contributed by atoms with E-state index in [1.54, 1.807) is 0 Å². The first-order chi connectivity index (χ1) is 6.92. The van der Waals surface area contributed by atoms with E-state index in [0.29, 0.717) is 0 Å². The van der Waals surface area contributed by atoms with Crippen LogP contribution >= 0.6 is 0 Å². The smallest absolute Gasteiger partial charge is 0.199 e. The van der Waals surface area contributed by atoms with Crippen molar-refractivity contribution in [2.75, 3.05) is 0 Å². The first-order valence-electron chi connectivity index (χ1n) is 5.08. The van der Waals surface area contributed by atoms with Crippen LogP contribution in [0.2, 0.25) is 0 Å². The summed E-state index contributed by atoms with van der Waals surface area (Å²) in [7, 11) is 0. The molecule has 82 valence electrons. The molecular weight excluding hydrogens is 212 g/mol. The van der Waals surface area contributed by atoms with Gasteiger partial charge in [0.1, 0.15) is 5.71 Å². The van der Waals surface area contributed by atoms with Crippen LogP contribution in [0.3, 0.4) is 0 Å². The summed E-state index contributed by atoms with van der Waals surface area (Å²) in [6.45, 7) is 0. The molecule has 3 nitrogen and oxygen atoms in total. The van der Waals surface area contributed by atoms with Crippen LogP contribution < -0.4 is 17.0 Å². The lowest BCUT2D eigenvalue weighted by molar-refractivity contribution is -0.708. The molecule has 1 unspecified atom stereocenters. The third-order valence-electron chi connectivity index (χ3n) is 2.77. The SMILES string of the molecule is ON=C1CCCCC1[n+]1ccccc1.[Cl-]. The fourth-order valence-electron chi connectivity index (χ4n) is 2.03. The van der Waals surface area contributed by atoms with Crippen LogP contribution in [-0.2, 0) is 0 Å². The number of oxime groups is 1. The molecule has 1 fully saturated rings. The van der Waals surface area contributed by atoms with Crippen molar-refractivity contribution < 1.29 is 22.2 Å². The minimum atomic E-state index is 0. The molecule has 15 heavy (non-hydrogen) atoms. The van der Waals surface area contributed by atoms with Crippen LogP contribution in [-0.4, -0.2) is 10.9 Å². The average molecular weight is 227 g/mol. The first kappa shape index (κ1) is 12.0. The van der Waals surface area contributed by atoms with E-state index in [1.807, 2.05) is 30.6 Å². The number of aromatic nitrogens is 1. The molecule has 0 aromatic carbocycles. The Kier molecular flexibility index (Phi) is 4.56. The Labute approximate surface area is 95.8 Å². The van der Waals surface area contributed by atoms with Gasteiger partial charge in [-0.05, 0) is 19.3 Å². The minimum Gasteiger partial charge on any atom is -1.00 e. The third kappa shape index (κ3) is 2.69. The van der Waals surface area contributed by atoms with Gasteiger partial charge in [-0.3, -0.25) is 0 Å². The van der Waals surface area contributed by atoms with E-state index in [2.05, 4.69) is 9.72 Å². The predicted octanol–water partition coefficient (Wildman–Crippen LogP) is -1.08. The Morgan fingerprint density at radius 3 is 2.60 bits per heavy atom. The molecule has 1 heterocycles. The van der Waals surface area contributed by atoms with Crippen molar-refractivity contribution in [1.82, 2.24) is 0 Å². The summed E-state index contributed by atoms with van der Waals surface area (Å²) in [5.74, 6) is 0. The van der Waals surface area contributed by atoms with E-state index in [4.69, 9.17) is 5.21 Å². The van der Waals surface area contributed by atoms with Crippen LogP contribution in [0.1, 0.15) is 31.7 Å². The zero-order valence-corrected chi connectivity index (χ0v) is 9.27. The van der Waals surface area contributed by atoms with Crippen molar-refractivity contribution >= 4 is 5.71 Å². The van der Waals surface area contributed by atoms with Gasteiger partial charge in [0.2, 0.25) is 0 Å². The number of pyridine rings is 1. The molecule has 2 rings (SSSR count). The van der Waals surface area contributed by atoms with E-state index >= 15 is 0 Å². The van der Waals surface area contributed by atoms with Crippen molar-refractivity contribution in [3.8, 4) is 0 Å². The molecule has 4 heteroatoms. The Morgan fingerprint density at radius 2 is 1.93 bits per heavy atom. The number of hydrogen-bond acceptors (Lipinski definition) is 2. The summed E-state index contributed by atoms with van der Waals surface area (Å²) in [6.07, 6.45) is 8.41. The molecule has 0 spiro atoms. The van der Waals surface area contributed by atoms with Crippen LogP contribution in [0.15, 0.2) is 35.7 Å². The van der Waals surface area contributed by atoms with Crippen molar-refractivity contribution in [1.29, 1.82) is 0 Å². The summed E-state index contributed by atoms with van der Waals surface area (Å²) in [6, 6.07) is 6.26. The maximum atomic E-state index is 8.90. The van der Waals surface area contributed by atoms with Crippen molar-refractivity contribution in [3.63, 3.8) is 0 Å². The van der Waals surface area contributed by atoms with E-state index in [1.165, 1.54) is 6.42 Å². The van der Waals surface area contributed by atoms with Gasteiger partial charge in [0, 0.05) is 18.6 Å². The normalized spacial score (nSPS) is 23.5. The highest BCUT2D eigenvalue weighted by Crippen LogP contribution is 2.21. The molecule has 0 aliphatic heterocycles. The monoisotopic (exact) mass is 226 g/mol. The standard InChI is InChI=1S/C11H14N2O.ClH/c14-12-10-6-2-3-7-11(10)13-8-4-1-5-9-13;/h1,4-5,8-9,11H,2-3,6-7H2;1H. The zero-order chi connectivity index (χ0) is 9.80. The maximum absolute atomic E-state index is 8.90. The predicted molar refractivity (Wildman–Crippen MR) is 53.4 cm³/mol. The fraction of sp³-hybridized carbons (Fsp3) is 0.455. The van der Waals surface area contributed by atoms with Crippen molar-refractivity contribution in [2.45, 2.75) is 31.7 Å². The summed E-state index contributed by atoms with van der Waals surface area (Å²) in [5, 5.41) is 12.3. The summed E-state index contributed by atoms with van der Waals surface area (Å²) < 4.78 is 2.12. The number of nitrogens with zero attached hydrogens (tertiary/aromatic N) is 2. The Balaban J connectivity index is 0.00000112. The second-order valence-corrected chi connectivity index (χ2v) is 3.68. The van der Waals surface area contributed by atoms with Crippen LogP contribution in [0.25, 0.3) is 0 Å². The minimum absolute atomic E-state index is 0. The van der Waals surface area contributed by atoms with Gasteiger partial charge in [-0.1, -0.05) is 11.2 Å². The Hall–Kier alpha value is -1.09. The largest absolute Gasteiger partial charge is 1.00 e. The molecule has 1 aromatic rings. The highest BCUT2D eigenvalue weighted by atomic mass is 35.5. The summed E-state index contributed by atoms with van der Waals surface area (Å²) in [4.78, 5) is 0. The van der Waals surface area contributed by atoms with Gasteiger partial charge in [0.25, 0.3) is 0 Å². The van der Waals surface area contributed by atoms with Gasteiger partial charge in [-0.25, -0.2) is 0 Å². The topological polar surface area (TPSA) is 36.5 Å². The van der Waals surface area contributed by atoms with Gasteiger partial charge < -0.3 is 17.6 Å². The van der Waals surface area contributed by atoms with Gasteiger partial charge in [-0.2, -0.15) is 4.57 Å². The molecule has 0 saturated heterocycles. The number of halogens is 1. The average Bonchev–Trinajstić information content (AvgIpc) is 2.30. The zero-order valence-electron chi connectivity index (χ0n) is 8.51. The quantitative estimate of drug-likeness (QED) is 0.369. The fourth-order valence-corrected chi connectivity index (χ4v) is 2.03. The molecule has 1 aliphatic carbocycles. The molecule has 1 atom stereocenters. The van der Waals surface area contributed by atoms with Crippen LogP contribution in [0.4, 0.5) is 0 Å². The molecule has 1 saturated carbocycles. The third-order valence-corrected chi connectivity index (χ3v) is 2.77. The lowest BCUT2D eigenvalue weighted by Crippen LogP contribution is -3.00. The van der Waals surface area contributed by atoms with Crippen molar-refractivity contribution in [3.05, 3.63) is 30.6 Å². The number of rotatable bonds is 1. The van der Waals surface area contributed by atoms with Gasteiger partial charge in [0.05, 0.1) is 0 Å². The second-order valence-electron chi connectivity index (χ2n) is 3.68. The van der Waals surface area contributed by atoms with E-state index in [0.717, 1.165) is 25.0 Å². The molecule has 1 aromatic heterocycles. The lowest BCUT2D eigenvalue weighted by atomic mass is 9.93. The van der Waals surface area contributed by atoms with E-state index in [-0.39, 0.29) is 18.4 Å². The van der Waals surface area contributed by atoms with Crippen molar-refractivity contribution in [2.24, 2.45) is 5.16 Å². The summed E-state index contributed by atoms with van der Waals surface area (Å²) >= 11 is 0. The lowest BCUT2D eigenvalue weighted by Gasteiger charge is -2.18. The number of hydrogen-bond donors (Lipinski definition) is 1. The maximum Gasteiger partial charge on any atom is 0.199 e. The second kappa shape index (κ2) is 5.71. The van der Waals surface area contributed by atoms with E-state index in [9.17, 15) is 0 Å². The van der Waals surface area contributed by atoms with Crippen LogP contribution in [0.5, 0.6) is 0 Å². The van der Waals surface area contributed by atoms with E-state index < -0.39 is 0 Å². The van der Waals surface area contributed by atoms with Gasteiger partial charge >= 0.3 is 0 Å². The first-order valence-corrected chi connectivity index (χ1v) is 5.08. The molecule has 0 radical (unpaired) electrons. The highest BCUT2D eigenvalue weighted by molar-refractivity contribution is 5.86. The summed E-state index contributed by atoms with van der Waals surface area (Å²) in [5.41, 5.74) is 0.910. The van der Waals surface area contributed by atoms with Gasteiger partial charge in [-0.15, -0.1) is 0 Å². The molecule has 1 aliphatic rings.